The molecule has 1 atom stereocenters. The van der Waals surface area contributed by atoms with Gasteiger partial charge in [0.05, 0.1) is 6.61 Å². The Morgan fingerprint density at radius 3 is 2.84 bits per heavy atom. The van der Waals surface area contributed by atoms with E-state index in [2.05, 4.69) is 5.10 Å². The van der Waals surface area contributed by atoms with Crippen molar-refractivity contribution < 1.29 is 18.7 Å². The van der Waals surface area contributed by atoms with Gasteiger partial charge in [-0.15, -0.1) is 0 Å². The van der Waals surface area contributed by atoms with Crippen LogP contribution in [0.2, 0.25) is 0 Å². The van der Waals surface area contributed by atoms with Crippen LogP contribution in [0, 0.1) is 11.7 Å². The second-order valence-corrected chi connectivity index (χ2v) is 6.54. The predicted molar refractivity (Wildman–Crippen MR) is 86.6 cm³/mol. The number of hydrogen-bond acceptors (Lipinski definition) is 4. The lowest BCUT2D eigenvalue weighted by molar-refractivity contribution is -0.128. The summed E-state index contributed by atoms with van der Waals surface area (Å²) in [6.07, 6.45) is 4.09. The van der Waals surface area contributed by atoms with Crippen molar-refractivity contribution in [3.05, 3.63) is 48.0 Å². The number of ether oxygens (including phenoxy) is 1. The molecule has 2 aromatic rings. The van der Waals surface area contributed by atoms with E-state index in [9.17, 15) is 14.0 Å². The summed E-state index contributed by atoms with van der Waals surface area (Å²) in [4.78, 5) is 26.0. The molecule has 1 saturated heterocycles. The lowest BCUT2D eigenvalue weighted by Crippen LogP contribution is -2.28. The van der Waals surface area contributed by atoms with Gasteiger partial charge >= 0.3 is 5.97 Å². The Bertz CT molecular complexity index is 815. The van der Waals surface area contributed by atoms with Gasteiger partial charge in [-0.05, 0) is 31.0 Å². The van der Waals surface area contributed by atoms with Crippen LogP contribution >= 0.6 is 0 Å². The maximum atomic E-state index is 13.8. The number of likely N-dealkylation sites (tertiary alicyclic amines) is 1. The van der Waals surface area contributed by atoms with Gasteiger partial charge in [-0.25, -0.2) is 13.9 Å². The number of amides is 1. The second kappa shape index (κ2) is 6.31. The molecule has 2 aliphatic rings. The summed E-state index contributed by atoms with van der Waals surface area (Å²) in [6, 6.07) is 8.08. The van der Waals surface area contributed by atoms with Crippen molar-refractivity contribution in [2.75, 3.05) is 13.2 Å². The highest BCUT2D eigenvalue weighted by atomic mass is 19.1. The minimum Gasteiger partial charge on any atom is -0.461 e. The molecule has 25 heavy (non-hydrogen) atoms. The van der Waals surface area contributed by atoms with E-state index in [1.807, 2.05) is 4.90 Å². The zero-order chi connectivity index (χ0) is 17.4. The average Bonchev–Trinajstić information content (AvgIpc) is 3.20. The van der Waals surface area contributed by atoms with Gasteiger partial charge in [0.25, 0.3) is 0 Å². The summed E-state index contributed by atoms with van der Waals surface area (Å²) in [6.45, 7) is 0.848. The number of carbonyl (C=O) groups is 2. The van der Waals surface area contributed by atoms with Gasteiger partial charge in [-0.2, -0.15) is 5.10 Å². The first-order valence-electron chi connectivity index (χ1n) is 8.39. The third-order valence-corrected chi connectivity index (χ3v) is 4.57. The highest BCUT2D eigenvalue weighted by Gasteiger charge is 2.39. The topological polar surface area (TPSA) is 64.4 Å². The molecule has 6 nitrogen and oxygen atoms in total. The SMILES string of the molecule is O=C(OC[C@@H]1CC(=O)N(C2CC2)C1)c1ccn(-c2ccccc2F)n1. The molecule has 0 radical (unpaired) electrons. The molecule has 0 bridgehead atoms. The molecule has 0 unspecified atom stereocenters. The fourth-order valence-corrected chi connectivity index (χ4v) is 3.13. The largest absolute Gasteiger partial charge is 0.461 e. The standard InChI is InChI=1S/C18H18FN3O3/c19-14-3-1-2-4-16(14)22-8-7-15(20-22)18(24)25-11-12-9-17(23)21(10-12)13-5-6-13/h1-4,7-8,12-13H,5-6,9-11H2/t12-/m1/s1. The third-order valence-electron chi connectivity index (χ3n) is 4.57. The van der Waals surface area contributed by atoms with E-state index in [0.29, 0.717) is 19.0 Å². The Labute approximate surface area is 144 Å². The highest BCUT2D eigenvalue weighted by molar-refractivity contribution is 5.87. The van der Waals surface area contributed by atoms with Crippen LogP contribution in [0.1, 0.15) is 29.8 Å². The lowest BCUT2D eigenvalue weighted by Gasteiger charge is -2.15. The minimum atomic E-state index is -0.563. The molecular formula is C18H18FN3O3. The predicted octanol–water partition coefficient (Wildman–Crippen LogP) is 2.18. The van der Waals surface area contributed by atoms with Crippen LogP contribution in [0.4, 0.5) is 4.39 Å². The monoisotopic (exact) mass is 343 g/mol. The molecular weight excluding hydrogens is 325 g/mol. The van der Waals surface area contributed by atoms with Crippen molar-refractivity contribution in [2.45, 2.75) is 25.3 Å². The van der Waals surface area contributed by atoms with Crippen molar-refractivity contribution in [1.29, 1.82) is 0 Å². The van der Waals surface area contributed by atoms with Crippen molar-refractivity contribution in [1.82, 2.24) is 14.7 Å². The van der Waals surface area contributed by atoms with Crippen LogP contribution in [0.25, 0.3) is 5.69 Å². The lowest BCUT2D eigenvalue weighted by atomic mass is 10.1. The van der Waals surface area contributed by atoms with Crippen molar-refractivity contribution in [3.63, 3.8) is 0 Å². The summed E-state index contributed by atoms with van der Waals surface area (Å²) in [5.74, 6) is -0.805. The molecule has 7 heteroatoms. The fourth-order valence-electron chi connectivity index (χ4n) is 3.13. The third kappa shape index (κ3) is 3.26. The Morgan fingerprint density at radius 2 is 2.08 bits per heavy atom. The first-order valence-corrected chi connectivity index (χ1v) is 8.39. The van der Waals surface area contributed by atoms with Gasteiger partial charge in [-0.3, -0.25) is 4.79 Å². The van der Waals surface area contributed by atoms with Gasteiger partial charge in [0, 0.05) is 31.1 Å². The van der Waals surface area contributed by atoms with Crippen LogP contribution in [0.3, 0.4) is 0 Å². The van der Waals surface area contributed by atoms with E-state index >= 15 is 0 Å². The number of aromatic nitrogens is 2. The van der Waals surface area contributed by atoms with Gasteiger partial charge in [0.1, 0.15) is 11.5 Å². The van der Waals surface area contributed by atoms with Crippen molar-refractivity contribution in [3.8, 4) is 5.69 Å². The molecule has 1 aliphatic carbocycles. The minimum absolute atomic E-state index is 0.0331. The Morgan fingerprint density at radius 1 is 1.28 bits per heavy atom. The van der Waals surface area contributed by atoms with Crippen LogP contribution in [-0.2, 0) is 9.53 Å². The summed E-state index contributed by atoms with van der Waals surface area (Å²) >= 11 is 0. The maximum absolute atomic E-state index is 13.8. The summed E-state index contributed by atoms with van der Waals surface area (Å²) in [5.41, 5.74) is 0.384. The van der Waals surface area contributed by atoms with Gasteiger partial charge in [0.15, 0.2) is 5.69 Å². The number of esters is 1. The molecule has 2 fully saturated rings. The molecule has 0 N–H and O–H groups in total. The van der Waals surface area contributed by atoms with E-state index in [-0.39, 0.29) is 29.8 Å². The molecule has 1 aliphatic heterocycles. The number of rotatable bonds is 5. The second-order valence-electron chi connectivity index (χ2n) is 6.54. The first-order chi connectivity index (χ1) is 12.1. The number of halogens is 1. The van der Waals surface area contributed by atoms with E-state index in [0.717, 1.165) is 12.8 Å². The van der Waals surface area contributed by atoms with Gasteiger partial charge in [-0.1, -0.05) is 12.1 Å². The molecule has 1 amide bonds. The average molecular weight is 343 g/mol. The summed E-state index contributed by atoms with van der Waals surface area (Å²) in [7, 11) is 0. The van der Waals surface area contributed by atoms with Crippen molar-refractivity contribution >= 4 is 11.9 Å². The molecule has 1 aromatic heterocycles. The Balaban J connectivity index is 1.36. The van der Waals surface area contributed by atoms with E-state index in [1.165, 1.54) is 23.0 Å². The zero-order valence-electron chi connectivity index (χ0n) is 13.6. The molecule has 1 aromatic carbocycles. The number of carbonyl (C=O) groups excluding carboxylic acids is 2. The maximum Gasteiger partial charge on any atom is 0.358 e. The van der Waals surface area contributed by atoms with E-state index in [1.54, 1.807) is 18.2 Å². The molecule has 0 spiro atoms. The number of para-hydroxylation sites is 1. The molecule has 1 saturated carbocycles. The quantitative estimate of drug-likeness (QED) is 0.781. The van der Waals surface area contributed by atoms with Gasteiger partial charge < -0.3 is 9.64 Å². The van der Waals surface area contributed by atoms with E-state index < -0.39 is 11.8 Å². The Hall–Kier alpha value is -2.70. The highest BCUT2D eigenvalue weighted by Crippen LogP contribution is 2.32. The summed E-state index contributed by atoms with van der Waals surface area (Å²) < 4.78 is 20.4. The van der Waals surface area contributed by atoms with Crippen LogP contribution in [0.5, 0.6) is 0 Å². The van der Waals surface area contributed by atoms with Crippen LogP contribution < -0.4 is 0 Å². The number of nitrogens with zero attached hydrogens (tertiary/aromatic N) is 3. The van der Waals surface area contributed by atoms with Crippen LogP contribution in [-0.4, -0.2) is 45.8 Å². The smallest absolute Gasteiger partial charge is 0.358 e. The summed E-state index contributed by atoms with van der Waals surface area (Å²) in [5, 5.41) is 4.08. The Kier molecular flexibility index (Phi) is 3.99. The fraction of sp³-hybridized carbons (Fsp3) is 0.389. The number of benzene rings is 1. The van der Waals surface area contributed by atoms with Crippen molar-refractivity contribution in [2.24, 2.45) is 5.92 Å². The molecule has 4 rings (SSSR count). The number of hydrogen-bond donors (Lipinski definition) is 0. The van der Waals surface area contributed by atoms with Crippen LogP contribution in [0.15, 0.2) is 36.5 Å². The first kappa shape index (κ1) is 15.8. The molecule has 130 valence electrons. The normalized spacial score (nSPS) is 20.1. The zero-order valence-corrected chi connectivity index (χ0v) is 13.6. The molecule has 2 heterocycles. The van der Waals surface area contributed by atoms with Gasteiger partial charge in [0.2, 0.25) is 5.91 Å². The van der Waals surface area contributed by atoms with E-state index in [4.69, 9.17) is 4.74 Å².